The van der Waals surface area contributed by atoms with Gasteiger partial charge in [0.2, 0.25) is 5.91 Å². The van der Waals surface area contributed by atoms with E-state index >= 15 is 0 Å². The van der Waals surface area contributed by atoms with Crippen LogP contribution in [0.5, 0.6) is 0 Å². The molecule has 2 aliphatic rings. The molecular formula is C12H20N2O4. The van der Waals surface area contributed by atoms with Crippen LogP contribution in [0.1, 0.15) is 12.8 Å². The van der Waals surface area contributed by atoms with Crippen molar-refractivity contribution in [3.8, 4) is 0 Å². The molecule has 1 heterocycles. The summed E-state index contributed by atoms with van der Waals surface area (Å²) >= 11 is 0. The highest BCUT2D eigenvalue weighted by Crippen LogP contribution is 2.27. The van der Waals surface area contributed by atoms with E-state index in [1.54, 1.807) is 11.9 Å². The molecule has 1 saturated carbocycles. The summed E-state index contributed by atoms with van der Waals surface area (Å²) in [5.41, 5.74) is 0. The number of carboxylic acids is 1. The number of amides is 1. The maximum Gasteiger partial charge on any atom is 0.310 e. The molecule has 1 aliphatic heterocycles. The Hall–Kier alpha value is -1.14. The fourth-order valence-corrected chi connectivity index (χ4v) is 2.19. The van der Waals surface area contributed by atoms with E-state index in [0.29, 0.717) is 12.5 Å². The Balaban J connectivity index is 1.76. The minimum Gasteiger partial charge on any atom is -0.481 e. The van der Waals surface area contributed by atoms with Crippen molar-refractivity contribution in [3.05, 3.63) is 0 Å². The molecule has 0 aromatic heterocycles. The molecule has 0 bridgehead atoms. The van der Waals surface area contributed by atoms with Crippen LogP contribution in [-0.2, 0) is 14.3 Å². The highest BCUT2D eigenvalue weighted by atomic mass is 16.5. The Bertz CT molecular complexity index is 330. The number of aliphatic carboxylic acids is 1. The molecule has 6 heteroatoms. The van der Waals surface area contributed by atoms with E-state index < -0.39 is 11.9 Å². The zero-order chi connectivity index (χ0) is 13.1. The van der Waals surface area contributed by atoms with Gasteiger partial charge in [-0.05, 0) is 25.8 Å². The van der Waals surface area contributed by atoms with Crippen LogP contribution >= 0.6 is 0 Å². The SMILES string of the molecule is CN(CC(=O)NCC1CC1)C1COCC1C(=O)O. The van der Waals surface area contributed by atoms with Gasteiger partial charge in [-0.2, -0.15) is 0 Å². The van der Waals surface area contributed by atoms with Gasteiger partial charge in [-0.25, -0.2) is 0 Å². The minimum atomic E-state index is -0.859. The third kappa shape index (κ3) is 3.43. The first-order valence-electron chi connectivity index (χ1n) is 6.35. The molecule has 2 atom stereocenters. The van der Waals surface area contributed by atoms with Gasteiger partial charge in [0.1, 0.15) is 0 Å². The molecule has 1 amide bonds. The van der Waals surface area contributed by atoms with Gasteiger partial charge in [0, 0.05) is 12.6 Å². The van der Waals surface area contributed by atoms with E-state index in [4.69, 9.17) is 9.84 Å². The number of carbonyl (C=O) groups excluding carboxylic acids is 1. The Morgan fingerprint density at radius 1 is 1.39 bits per heavy atom. The Kier molecular flexibility index (Phi) is 4.19. The van der Waals surface area contributed by atoms with E-state index in [1.807, 2.05) is 0 Å². The molecule has 0 aromatic rings. The Morgan fingerprint density at radius 3 is 2.72 bits per heavy atom. The van der Waals surface area contributed by atoms with Gasteiger partial charge in [-0.3, -0.25) is 14.5 Å². The van der Waals surface area contributed by atoms with Gasteiger partial charge in [-0.1, -0.05) is 0 Å². The van der Waals surface area contributed by atoms with E-state index in [-0.39, 0.29) is 25.1 Å². The van der Waals surface area contributed by atoms with E-state index in [9.17, 15) is 9.59 Å². The molecular weight excluding hydrogens is 236 g/mol. The summed E-state index contributed by atoms with van der Waals surface area (Å²) in [7, 11) is 1.77. The lowest BCUT2D eigenvalue weighted by molar-refractivity contribution is -0.143. The van der Waals surface area contributed by atoms with Crippen LogP contribution in [0.4, 0.5) is 0 Å². The lowest BCUT2D eigenvalue weighted by atomic mass is 10.0. The molecule has 1 saturated heterocycles. The first-order chi connectivity index (χ1) is 8.58. The highest BCUT2D eigenvalue weighted by Gasteiger charge is 2.37. The van der Waals surface area contributed by atoms with Crippen molar-refractivity contribution < 1.29 is 19.4 Å². The van der Waals surface area contributed by atoms with Crippen LogP contribution < -0.4 is 5.32 Å². The second-order valence-electron chi connectivity index (χ2n) is 5.21. The Labute approximate surface area is 106 Å². The lowest BCUT2D eigenvalue weighted by Gasteiger charge is -2.25. The zero-order valence-corrected chi connectivity index (χ0v) is 10.6. The lowest BCUT2D eigenvalue weighted by Crippen LogP contribution is -2.45. The van der Waals surface area contributed by atoms with Crippen molar-refractivity contribution in [2.75, 3.05) is 33.4 Å². The normalized spacial score (nSPS) is 27.4. The molecule has 18 heavy (non-hydrogen) atoms. The number of carbonyl (C=O) groups is 2. The van der Waals surface area contributed by atoms with Gasteiger partial charge in [-0.15, -0.1) is 0 Å². The largest absolute Gasteiger partial charge is 0.481 e. The summed E-state index contributed by atoms with van der Waals surface area (Å²) in [6, 6.07) is -0.214. The van der Waals surface area contributed by atoms with Crippen LogP contribution in [-0.4, -0.2) is 61.3 Å². The third-order valence-electron chi connectivity index (χ3n) is 3.61. The number of nitrogens with zero attached hydrogens (tertiary/aromatic N) is 1. The minimum absolute atomic E-state index is 0.0413. The maximum absolute atomic E-state index is 11.7. The van der Waals surface area contributed by atoms with Crippen LogP contribution in [0, 0.1) is 11.8 Å². The molecule has 0 radical (unpaired) electrons. The number of rotatable bonds is 6. The van der Waals surface area contributed by atoms with E-state index in [0.717, 1.165) is 6.54 Å². The predicted molar refractivity (Wildman–Crippen MR) is 64.1 cm³/mol. The molecule has 2 fully saturated rings. The predicted octanol–water partition coefficient (Wildman–Crippen LogP) is -0.456. The average Bonchev–Trinajstić information content (AvgIpc) is 3.00. The number of carboxylic acid groups (broad SMARTS) is 1. The van der Waals surface area contributed by atoms with Gasteiger partial charge < -0.3 is 15.2 Å². The first kappa shape index (κ1) is 13.3. The maximum atomic E-state index is 11.7. The molecule has 6 nitrogen and oxygen atoms in total. The number of hydrogen-bond acceptors (Lipinski definition) is 4. The van der Waals surface area contributed by atoms with E-state index in [1.165, 1.54) is 12.8 Å². The zero-order valence-electron chi connectivity index (χ0n) is 10.6. The van der Waals surface area contributed by atoms with Crippen molar-refractivity contribution in [2.24, 2.45) is 11.8 Å². The molecule has 1 aliphatic carbocycles. The van der Waals surface area contributed by atoms with Crippen LogP contribution in [0.25, 0.3) is 0 Å². The smallest absolute Gasteiger partial charge is 0.310 e. The topological polar surface area (TPSA) is 78.9 Å². The standard InChI is InChI=1S/C12H20N2O4/c1-14(5-11(15)13-4-8-2-3-8)10-7-18-6-9(10)12(16)17/h8-10H,2-7H2,1H3,(H,13,15)(H,16,17). The molecule has 2 N–H and O–H groups in total. The summed E-state index contributed by atoms with van der Waals surface area (Å²) in [6.07, 6.45) is 2.40. The molecule has 102 valence electrons. The van der Waals surface area contributed by atoms with Crippen LogP contribution in [0.2, 0.25) is 0 Å². The van der Waals surface area contributed by atoms with Crippen LogP contribution in [0.3, 0.4) is 0 Å². The Morgan fingerprint density at radius 2 is 2.11 bits per heavy atom. The summed E-state index contributed by atoms with van der Waals surface area (Å²) < 4.78 is 5.19. The molecule has 0 spiro atoms. The van der Waals surface area contributed by atoms with Crippen LogP contribution in [0.15, 0.2) is 0 Å². The van der Waals surface area contributed by atoms with E-state index in [2.05, 4.69) is 5.32 Å². The molecule has 2 unspecified atom stereocenters. The van der Waals surface area contributed by atoms with Gasteiger partial charge >= 0.3 is 5.97 Å². The summed E-state index contributed by atoms with van der Waals surface area (Å²) in [5, 5.41) is 11.9. The number of ether oxygens (including phenoxy) is 1. The van der Waals surface area contributed by atoms with Gasteiger partial charge in [0.15, 0.2) is 0 Å². The molecule has 0 aromatic carbocycles. The quantitative estimate of drug-likeness (QED) is 0.672. The summed E-state index contributed by atoms with van der Waals surface area (Å²) in [5.74, 6) is -0.782. The van der Waals surface area contributed by atoms with Crippen molar-refractivity contribution in [2.45, 2.75) is 18.9 Å². The average molecular weight is 256 g/mol. The number of nitrogens with one attached hydrogen (secondary N) is 1. The van der Waals surface area contributed by atoms with Crippen molar-refractivity contribution >= 4 is 11.9 Å². The summed E-state index contributed by atoms with van der Waals surface area (Å²) in [4.78, 5) is 24.5. The fourth-order valence-electron chi connectivity index (χ4n) is 2.19. The first-order valence-corrected chi connectivity index (χ1v) is 6.35. The van der Waals surface area contributed by atoms with Gasteiger partial charge in [0.25, 0.3) is 0 Å². The van der Waals surface area contributed by atoms with Gasteiger partial charge in [0.05, 0.1) is 25.7 Å². The number of hydrogen-bond donors (Lipinski definition) is 2. The molecule has 2 rings (SSSR count). The van der Waals surface area contributed by atoms with Crippen molar-refractivity contribution in [1.29, 1.82) is 0 Å². The monoisotopic (exact) mass is 256 g/mol. The van der Waals surface area contributed by atoms with Crippen molar-refractivity contribution in [3.63, 3.8) is 0 Å². The third-order valence-corrected chi connectivity index (χ3v) is 3.61. The second kappa shape index (κ2) is 5.67. The second-order valence-corrected chi connectivity index (χ2v) is 5.21. The fraction of sp³-hybridized carbons (Fsp3) is 0.833. The number of likely N-dealkylation sites (N-methyl/N-ethyl adjacent to an activating group) is 1. The highest BCUT2D eigenvalue weighted by molar-refractivity contribution is 5.78. The summed E-state index contributed by atoms with van der Waals surface area (Å²) in [6.45, 7) is 1.58. The van der Waals surface area contributed by atoms with Crippen molar-refractivity contribution in [1.82, 2.24) is 10.2 Å².